The van der Waals surface area contributed by atoms with Crippen LogP contribution in [0.25, 0.3) is 0 Å². The van der Waals surface area contributed by atoms with E-state index in [1.54, 1.807) is 6.92 Å². The highest BCUT2D eigenvalue weighted by Gasteiger charge is 2.40. The van der Waals surface area contributed by atoms with Gasteiger partial charge in [-0.2, -0.15) is 0 Å². The van der Waals surface area contributed by atoms with Crippen LogP contribution in [-0.2, 0) is 4.79 Å². The topological polar surface area (TPSA) is 20.3 Å². The molecule has 0 N–H and O–H groups in total. The molecule has 12 heavy (non-hydrogen) atoms. The summed E-state index contributed by atoms with van der Waals surface area (Å²) in [6.45, 7) is 8.04. The number of hydrogen-bond acceptors (Lipinski definition) is 2. The SMILES string of the molecule is CCC1CSC(C)(C)N1C(C)=O. The second-order valence-corrected chi connectivity index (χ2v) is 5.33. The first-order valence-electron chi connectivity index (χ1n) is 4.43. The van der Waals surface area contributed by atoms with E-state index in [9.17, 15) is 4.79 Å². The fourth-order valence-electron chi connectivity index (χ4n) is 1.82. The largest absolute Gasteiger partial charge is 0.325 e. The third-order valence-corrected chi connectivity index (χ3v) is 3.84. The molecule has 1 amide bonds. The van der Waals surface area contributed by atoms with Crippen molar-refractivity contribution >= 4 is 17.7 Å². The number of thioether (sulfide) groups is 1. The summed E-state index contributed by atoms with van der Waals surface area (Å²) in [6, 6.07) is 0.447. The minimum atomic E-state index is 0.00646. The van der Waals surface area contributed by atoms with Crippen LogP contribution in [0.3, 0.4) is 0 Å². The highest BCUT2D eigenvalue weighted by atomic mass is 32.2. The summed E-state index contributed by atoms with van der Waals surface area (Å²) in [5.74, 6) is 1.29. The lowest BCUT2D eigenvalue weighted by Gasteiger charge is -2.33. The van der Waals surface area contributed by atoms with Crippen LogP contribution in [-0.4, -0.2) is 27.5 Å². The van der Waals surface area contributed by atoms with Crippen molar-refractivity contribution in [1.82, 2.24) is 4.90 Å². The molecule has 0 aromatic carbocycles. The Morgan fingerprint density at radius 1 is 1.67 bits per heavy atom. The molecule has 0 spiro atoms. The van der Waals surface area contributed by atoms with Crippen molar-refractivity contribution < 1.29 is 4.79 Å². The normalized spacial score (nSPS) is 27.7. The molecule has 0 aromatic rings. The third kappa shape index (κ3) is 1.60. The molecule has 1 fully saturated rings. The van der Waals surface area contributed by atoms with Gasteiger partial charge in [0.15, 0.2) is 0 Å². The second-order valence-electron chi connectivity index (χ2n) is 3.71. The van der Waals surface area contributed by atoms with E-state index in [1.807, 2.05) is 16.7 Å². The smallest absolute Gasteiger partial charge is 0.220 e. The van der Waals surface area contributed by atoms with E-state index in [4.69, 9.17) is 0 Å². The van der Waals surface area contributed by atoms with Gasteiger partial charge in [0, 0.05) is 18.7 Å². The molecular weight excluding hydrogens is 170 g/mol. The van der Waals surface area contributed by atoms with Crippen LogP contribution in [0.5, 0.6) is 0 Å². The van der Waals surface area contributed by atoms with Crippen LogP contribution >= 0.6 is 11.8 Å². The first-order valence-corrected chi connectivity index (χ1v) is 5.41. The van der Waals surface area contributed by atoms with Gasteiger partial charge in [0.1, 0.15) is 0 Å². The Balaban J connectivity index is 2.80. The molecule has 1 atom stereocenters. The zero-order valence-electron chi connectivity index (χ0n) is 8.26. The summed E-state index contributed by atoms with van der Waals surface area (Å²) < 4.78 is 0. The van der Waals surface area contributed by atoms with E-state index in [0.29, 0.717) is 6.04 Å². The van der Waals surface area contributed by atoms with Crippen LogP contribution in [0.4, 0.5) is 0 Å². The molecule has 3 heteroatoms. The summed E-state index contributed by atoms with van der Waals surface area (Å²) in [4.78, 5) is 13.4. The van der Waals surface area contributed by atoms with E-state index in [-0.39, 0.29) is 10.8 Å². The summed E-state index contributed by atoms with van der Waals surface area (Å²) in [5, 5.41) is 0. The molecule has 70 valence electrons. The highest BCUT2D eigenvalue weighted by molar-refractivity contribution is 8.00. The third-order valence-electron chi connectivity index (χ3n) is 2.38. The van der Waals surface area contributed by atoms with Crippen LogP contribution in [0.1, 0.15) is 34.1 Å². The molecule has 0 bridgehead atoms. The van der Waals surface area contributed by atoms with E-state index >= 15 is 0 Å². The maximum absolute atomic E-state index is 11.3. The average Bonchev–Trinajstić information content (AvgIpc) is 2.24. The minimum absolute atomic E-state index is 0.00646. The standard InChI is InChI=1S/C9H17NOS/c1-5-8-6-12-9(3,4)10(8)7(2)11/h8H,5-6H2,1-4H3. The Bertz CT molecular complexity index is 191. The van der Waals surface area contributed by atoms with Gasteiger partial charge in [0.25, 0.3) is 0 Å². The van der Waals surface area contributed by atoms with Gasteiger partial charge in [-0.25, -0.2) is 0 Å². The fourth-order valence-corrected chi connectivity index (χ4v) is 3.22. The first kappa shape index (κ1) is 9.90. The maximum atomic E-state index is 11.3. The van der Waals surface area contributed by atoms with E-state index in [2.05, 4.69) is 20.8 Å². The van der Waals surface area contributed by atoms with Gasteiger partial charge in [-0.15, -0.1) is 11.8 Å². The quantitative estimate of drug-likeness (QED) is 0.626. The van der Waals surface area contributed by atoms with Crippen molar-refractivity contribution in [3.05, 3.63) is 0 Å². The van der Waals surface area contributed by atoms with Gasteiger partial charge in [-0.3, -0.25) is 4.79 Å². The Morgan fingerprint density at radius 3 is 2.58 bits per heavy atom. The highest BCUT2D eigenvalue weighted by Crippen LogP contribution is 2.39. The van der Waals surface area contributed by atoms with Crippen molar-refractivity contribution in [3.8, 4) is 0 Å². The van der Waals surface area contributed by atoms with E-state index in [1.165, 1.54) is 0 Å². The molecule has 1 aliphatic rings. The van der Waals surface area contributed by atoms with E-state index in [0.717, 1.165) is 12.2 Å². The summed E-state index contributed by atoms with van der Waals surface area (Å²) in [5.41, 5.74) is 0. The van der Waals surface area contributed by atoms with Gasteiger partial charge >= 0.3 is 0 Å². The van der Waals surface area contributed by atoms with Crippen molar-refractivity contribution in [2.45, 2.75) is 45.0 Å². The molecule has 2 nitrogen and oxygen atoms in total. The monoisotopic (exact) mass is 187 g/mol. The number of hydrogen-bond donors (Lipinski definition) is 0. The zero-order chi connectivity index (χ0) is 9.35. The van der Waals surface area contributed by atoms with Gasteiger partial charge in [-0.05, 0) is 20.3 Å². The maximum Gasteiger partial charge on any atom is 0.220 e. The Morgan fingerprint density at radius 2 is 2.25 bits per heavy atom. The summed E-state index contributed by atoms with van der Waals surface area (Å²) >= 11 is 1.87. The second kappa shape index (κ2) is 3.29. The molecule has 0 aromatic heterocycles. The number of carbonyl (C=O) groups is 1. The molecule has 1 heterocycles. The molecule has 1 aliphatic heterocycles. The molecule has 1 saturated heterocycles. The predicted molar refractivity (Wildman–Crippen MR) is 53.1 cm³/mol. The Kier molecular flexibility index (Phi) is 2.71. The van der Waals surface area contributed by atoms with Crippen molar-refractivity contribution in [2.75, 3.05) is 5.75 Å². The Labute approximate surface area is 78.7 Å². The van der Waals surface area contributed by atoms with Gasteiger partial charge in [0.05, 0.1) is 4.87 Å². The molecule has 1 rings (SSSR count). The minimum Gasteiger partial charge on any atom is -0.325 e. The van der Waals surface area contributed by atoms with Gasteiger partial charge in [-0.1, -0.05) is 6.92 Å². The number of carbonyl (C=O) groups excluding carboxylic acids is 1. The van der Waals surface area contributed by atoms with E-state index < -0.39 is 0 Å². The van der Waals surface area contributed by atoms with Crippen molar-refractivity contribution in [2.24, 2.45) is 0 Å². The lowest BCUT2D eigenvalue weighted by molar-refractivity contribution is -0.132. The van der Waals surface area contributed by atoms with Gasteiger partial charge in [0.2, 0.25) is 5.91 Å². The van der Waals surface area contributed by atoms with Crippen LogP contribution in [0.15, 0.2) is 0 Å². The molecular formula is C9H17NOS. The first-order chi connectivity index (χ1) is 5.49. The average molecular weight is 187 g/mol. The van der Waals surface area contributed by atoms with Crippen LogP contribution < -0.4 is 0 Å². The van der Waals surface area contributed by atoms with Crippen molar-refractivity contribution in [3.63, 3.8) is 0 Å². The zero-order valence-corrected chi connectivity index (χ0v) is 9.07. The molecule has 0 radical (unpaired) electrons. The fraction of sp³-hybridized carbons (Fsp3) is 0.889. The summed E-state index contributed by atoms with van der Waals surface area (Å²) in [6.07, 6.45) is 1.07. The predicted octanol–water partition coefficient (Wildman–Crippen LogP) is 2.10. The van der Waals surface area contributed by atoms with Crippen molar-refractivity contribution in [1.29, 1.82) is 0 Å². The van der Waals surface area contributed by atoms with Crippen LogP contribution in [0, 0.1) is 0 Å². The summed E-state index contributed by atoms with van der Waals surface area (Å²) in [7, 11) is 0. The van der Waals surface area contributed by atoms with Gasteiger partial charge < -0.3 is 4.90 Å². The Hall–Kier alpha value is -0.180. The lowest BCUT2D eigenvalue weighted by atomic mass is 10.2. The molecule has 1 unspecified atom stereocenters. The molecule has 0 saturated carbocycles. The molecule has 0 aliphatic carbocycles. The number of nitrogens with zero attached hydrogens (tertiary/aromatic N) is 1. The lowest BCUT2D eigenvalue weighted by Crippen LogP contribution is -2.45. The number of rotatable bonds is 1. The number of amides is 1. The van der Waals surface area contributed by atoms with Crippen LogP contribution in [0.2, 0.25) is 0 Å².